The number of ketones is 1. The second kappa shape index (κ2) is 8.65. The highest BCUT2D eigenvalue weighted by atomic mass is 16.2. The monoisotopic (exact) mass is 489 g/mol. The Morgan fingerprint density at radius 3 is 2.31 bits per heavy atom. The van der Waals surface area contributed by atoms with Crippen molar-refractivity contribution < 1.29 is 14.4 Å². The van der Waals surface area contributed by atoms with Crippen LogP contribution in [0.1, 0.15) is 59.5 Å². The highest BCUT2D eigenvalue weighted by Gasteiger charge is 2.51. The predicted octanol–water partition coefficient (Wildman–Crippen LogP) is 3.33. The first-order valence-corrected chi connectivity index (χ1v) is 12.4. The molecule has 0 atom stereocenters. The Morgan fingerprint density at radius 2 is 1.64 bits per heavy atom. The molecule has 0 radical (unpaired) electrons. The summed E-state index contributed by atoms with van der Waals surface area (Å²) in [4.78, 5) is 53.8. The summed E-state index contributed by atoms with van der Waals surface area (Å²) in [5.41, 5.74) is 2.61. The number of aryl methyl sites for hydroxylation is 1. The van der Waals surface area contributed by atoms with Crippen LogP contribution in [-0.2, 0) is 11.8 Å². The smallest absolute Gasteiger partial charge is 0.323 e. The van der Waals surface area contributed by atoms with E-state index >= 15 is 0 Å². The summed E-state index contributed by atoms with van der Waals surface area (Å²) in [6.45, 7) is 5.17. The zero-order valence-electron chi connectivity index (χ0n) is 21.1. The van der Waals surface area contributed by atoms with Crippen LogP contribution in [0.3, 0.4) is 0 Å². The Balaban J connectivity index is 1.49. The van der Waals surface area contributed by atoms with E-state index in [1.54, 1.807) is 26.9 Å². The summed E-state index contributed by atoms with van der Waals surface area (Å²) >= 11 is 0. The molecule has 3 aromatic rings. The van der Waals surface area contributed by atoms with Crippen LogP contribution in [0.2, 0.25) is 0 Å². The molecule has 1 aliphatic carbocycles. The molecule has 1 spiro atoms. The van der Waals surface area contributed by atoms with Crippen molar-refractivity contribution in [2.45, 2.75) is 58.4 Å². The van der Waals surface area contributed by atoms with Crippen LogP contribution >= 0.6 is 0 Å². The first-order valence-electron chi connectivity index (χ1n) is 12.4. The van der Waals surface area contributed by atoms with Gasteiger partial charge in [0.15, 0.2) is 5.78 Å². The number of imide groups is 1. The highest BCUT2D eigenvalue weighted by molar-refractivity contribution is 6.11. The second-order valence-electron chi connectivity index (χ2n) is 9.92. The quantitative estimate of drug-likeness (QED) is 0.439. The van der Waals surface area contributed by atoms with Gasteiger partial charge in [0.2, 0.25) is 0 Å². The van der Waals surface area contributed by atoms with Crippen LogP contribution in [0.5, 0.6) is 0 Å². The van der Waals surface area contributed by atoms with Crippen molar-refractivity contribution in [2.24, 2.45) is 7.05 Å². The van der Waals surface area contributed by atoms with E-state index in [1.807, 2.05) is 51.2 Å². The van der Waals surface area contributed by atoms with Gasteiger partial charge in [-0.2, -0.15) is 0 Å². The fraction of sp³-hybridized carbons (Fsp3) is 0.407. The minimum Gasteiger partial charge on any atom is -0.323 e. The molecule has 3 heterocycles. The molecule has 9 nitrogen and oxygen atoms in total. The van der Waals surface area contributed by atoms with Crippen molar-refractivity contribution in [3.05, 3.63) is 69.4 Å². The summed E-state index contributed by atoms with van der Waals surface area (Å²) in [5, 5.41) is 2.86. The summed E-state index contributed by atoms with van der Waals surface area (Å²) < 4.78 is 5.19. The largest absolute Gasteiger partial charge is 0.325 e. The molecule has 1 saturated heterocycles. The van der Waals surface area contributed by atoms with Crippen LogP contribution < -0.4 is 10.9 Å². The molecular formula is C27H31N5O4. The number of rotatable bonds is 5. The van der Waals surface area contributed by atoms with Gasteiger partial charge in [-0.25, -0.2) is 9.48 Å². The SMILES string of the molecule is Cc1cc(C(=O)CN2C(=O)NC3(CCCCC3)C2=O)c(C)n1-c1c(C)n(C)n(-c2ccccc2)c1=O. The fourth-order valence-electron chi connectivity index (χ4n) is 5.74. The maximum atomic E-state index is 13.6. The van der Waals surface area contributed by atoms with Crippen LogP contribution in [0.15, 0.2) is 41.2 Å². The van der Waals surface area contributed by atoms with Crippen LogP contribution in [0.4, 0.5) is 4.79 Å². The zero-order valence-corrected chi connectivity index (χ0v) is 21.1. The highest BCUT2D eigenvalue weighted by Crippen LogP contribution is 2.34. The summed E-state index contributed by atoms with van der Waals surface area (Å²) in [6.07, 6.45) is 4.02. The van der Waals surface area contributed by atoms with Crippen molar-refractivity contribution >= 4 is 17.7 Å². The van der Waals surface area contributed by atoms with Crippen molar-refractivity contribution in [3.63, 3.8) is 0 Å². The maximum Gasteiger partial charge on any atom is 0.325 e. The van der Waals surface area contributed by atoms with E-state index in [4.69, 9.17) is 0 Å². The van der Waals surface area contributed by atoms with Gasteiger partial charge in [-0.1, -0.05) is 37.5 Å². The third-order valence-electron chi connectivity index (χ3n) is 7.73. The van der Waals surface area contributed by atoms with Gasteiger partial charge in [0, 0.05) is 24.0 Å². The van der Waals surface area contributed by atoms with Crippen LogP contribution in [0.25, 0.3) is 11.4 Å². The number of aromatic nitrogens is 3. The molecule has 2 aromatic heterocycles. The molecular weight excluding hydrogens is 458 g/mol. The first kappa shape index (κ1) is 23.8. The number of nitrogens with one attached hydrogen (secondary N) is 1. The number of urea groups is 1. The molecule has 1 aliphatic heterocycles. The first-order chi connectivity index (χ1) is 17.2. The maximum absolute atomic E-state index is 13.6. The lowest BCUT2D eigenvalue weighted by molar-refractivity contribution is -0.132. The van der Waals surface area contributed by atoms with Crippen molar-refractivity contribution in [1.29, 1.82) is 0 Å². The lowest BCUT2D eigenvalue weighted by atomic mass is 9.82. The molecule has 2 fully saturated rings. The Bertz CT molecular complexity index is 1440. The van der Waals surface area contributed by atoms with E-state index in [-0.39, 0.29) is 23.8 Å². The van der Waals surface area contributed by atoms with Gasteiger partial charge in [-0.05, 0) is 51.8 Å². The van der Waals surface area contributed by atoms with Gasteiger partial charge in [-0.3, -0.25) is 24.0 Å². The fourth-order valence-corrected chi connectivity index (χ4v) is 5.74. The molecule has 1 aromatic carbocycles. The summed E-state index contributed by atoms with van der Waals surface area (Å²) in [6, 6.07) is 10.6. The van der Waals surface area contributed by atoms with E-state index in [9.17, 15) is 19.2 Å². The molecule has 1 saturated carbocycles. The predicted molar refractivity (Wildman–Crippen MR) is 135 cm³/mol. The molecule has 188 valence electrons. The Morgan fingerprint density at radius 1 is 0.972 bits per heavy atom. The molecule has 5 rings (SSSR count). The number of hydrogen-bond donors (Lipinski definition) is 1. The normalized spacial score (nSPS) is 17.2. The molecule has 0 bridgehead atoms. The molecule has 9 heteroatoms. The van der Waals surface area contributed by atoms with Gasteiger partial charge < -0.3 is 9.88 Å². The number of benzene rings is 1. The lowest BCUT2D eigenvalue weighted by Gasteiger charge is -2.30. The van der Waals surface area contributed by atoms with Gasteiger partial charge in [0.1, 0.15) is 11.2 Å². The number of Topliss-reactive ketones (excluding diaryl/α,β-unsaturated/α-hetero) is 1. The number of nitrogens with zero attached hydrogens (tertiary/aromatic N) is 4. The van der Waals surface area contributed by atoms with Crippen molar-refractivity contribution in [3.8, 4) is 11.4 Å². The van der Waals surface area contributed by atoms with E-state index in [0.717, 1.165) is 41.2 Å². The number of amides is 3. The van der Waals surface area contributed by atoms with E-state index in [1.165, 1.54) is 0 Å². The van der Waals surface area contributed by atoms with Gasteiger partial charge in [0.05, 0.1) is 17.9 Å². The van der Waals surface area contributed by atoms with Gasteiger partial charge in [-0.15, -0.1) is 0 Å². The summed E-state index contributed by atoms with van der Waals surface area (Å²) in [5.74, 6) is -0.637. The number of carbonyl (C=O) groups is 3. The summed E-state index contributed by atoms with van der Waals surface area (Å²) in [7, 11) is 1.83. The van der Waals surface area contributed by atoms with Gasteiger partial charge in [0.25, 0.3) is 11.5 Å². The van der Waals surface area contributed by atoms with Crippen molar-refractivity contribution in [2.75, 3.05) is 6.54 Å². The molecule has 0 unspecified atom stereocenters. The third-order valence-corrected chi connectivity index (χ3v) is 7.73. The van der Waals surface area contributed by atoms with E-state index in [0.29, 0.717) is 29.8 Å². The number of hydrogen-bond acceptors (Lipinski definition) is 4. The second-order valence-corrected chi connectivity index (χ2v) is 9.92. The topological polar surface area (TPSA) is 98.3 Å². The van der Waals surface area contributed by atoms with Gasteiger partial charge >= 0.3 is 6.03 Å². The molecule has 36 heavy (non-hydrogen) atoms. The minimum absolute atomic E-state index is 0.199. The average molecular weight is 490 g/mol. The Kier molecular flexibility index (Phi) is 5.73. The van der Waals surface area contributed by atoms with Crippen LogP contribution in [-0.4, -0.2) is 48.6 Å². The molecule has 3 amide bonds. The van der Waals surface area contributed by atoms with E-state index in [2.05, 4.69) is 5.32 Å². The minimum atomic E-state index is -0.865. The zero-order chi connectivity index (χ0) is 25.8. The lowest BCUT2D eigenvalue weighted by Crippen LogP contribution is -2.48. The standard InChI is InChI=1S/C27H31N5O4/c1-17-15-21(22(33)16-30-25(35)27(28-26(30)36)13-9-6-10-14-27)18(2)31(17)23-19(3)29(4)32(24(23)34)20-11-7-5-8-12-20/h5,7-8,11-12,15H,6,9-10,13-14,16H2,1-4H3,(H,28,36). The molecule has 2 aliphatic rings. The van der Waals surface area contributed by atoms with Crippen LogP contribution in [0, 0.1) is 20.8 Å². The van der Waals surface area contributed by atoms with Crippen molar-refractivity contribution in [1.82, 2.24) is 24.1 Å². The number of carbonyl (C=O) groups excluding carboxylic acids is 3. The third kappa shape index (κ3) is 3.53. The Labute approximate surface area is 209 Å². The number of para-hydroxylation sites is 1. The average Bonchev–Trinajstić information content (AvgIpc) is 3.36. The van der Waals surface area contributed by atoms with E-state index < -0.39 is 11.6 Å². The molecule has 1 N–H and O–H groups in total. The Hall–Kier alpha value is -3.88.